The zero-order valence-electron chi connectivity index (χ0n) is 33.7. The summed E-state index contributed by atoms with van der Waals surface area (Å²) in [6.07, 6.45) is 0. The van der Waals surface area contributed by atoms with Crippen molar-refractivity contribution in [1.82, 2.24) is 9.97 Å². The number of nitrogens with zero attached hydrogens (tertiary/aromatic N) is 2. The Morgan fingerprint density at radius 3 is 1.16 bits per heavy atom. The van der Waals surface area contributed by atoms with Crippen LogP contribution in [0.1, 0.15) is 52.9 Å². The van der Waals surface area contributed by atoms with Crippen molar-refractivity contribution in [2.75, 3.05) is 0 Å². The van der Waals surface area contributed by atoms with Gasteiger partial charge in [-0.25, -0.2) is 0 Å². The summed E-state index contributed by atoms with van der Waals surface area (Å²) < 4.78 is 5.29. The van der Waals surface area contributed by atoms with Crippen LogP contribution < -0.4 is 0 Å². The van der Waals surface area contributed by atoms with Gasteiger partial charge in [0, 0.05) is 62.6 Å². The number of fused-ring (bicyclic) bond motifs is 6. The summed E-state index contributed by atoms with van der Waals surface area (Å²) in [7, 11) is 0. The minimum Gasteiger partial charge on any atom is -0.251 e. The molecule has 0 saturated heterocycles. The van der Waals surface area contributed by atoms with E-state index in [0.29, 0.717) is 0 Å². The van der Waals surface area contributed by atoms with Crippen LogP contribution >= 0.6 is 22.7 Å². The standard InChI is InChI=1S/C54H44N2S2/c1-53(2,3)49-31-37(33-15-11-17-35(27-33)39-21-13-23-43-41-19-7-9-25-47(41)57-51(39)43)29-45(55-49)46-30-38(32-50(56-46)54(4,5)6)34-16-12-18-36(28-34)40-22-14-24-44-42-20-8-10-26-48(42)58-52(40)44/h7-32H,1-6H3. The average Bonchev–Trinajstić information content (AvgIpc) is 3.82. The molecule has 0 saturated carbocycles. The van der Waals surface area contributed by atoms with Crippen LogP contribution in [0.2, 0.25) is 0 Å². The summed E-state index contributed by atoms with van der Waals surface area (Å²) in [6.45, 7) is 13.5. The Morgan fingerprint density at radius 1 is 0.345 bits per heavy atom. The lowest BCUT2D eigenvalue weighted by Gasteiger charge is -2.22. The van der Waals surface area contributed by atoms with E-state index in [-0.39, 0.29) is 10.8 Å². The highest BCUT2D eigenvalue weighted by molar-refractivity contribution is 7.26. The third-order valence-corrected chi connectivity index (χ3v) is 13.7. The SMILES string of the molecule is CC(C)(C)c1cc(-c2cccc(-c3cccc4c3sc3ccccc34)c2)cc(-c2cc(-c3cccc(-c4cccc5c4sc4ccccc45)c3)cc(C(C)(C)C)n2)n1. The summed E-state index contributed by atoms with van der Waals surface area (Å²) in [5.74, 6) is 0. The Balaban J connectivity index is 1.10. The Bertz CT molecular complexity index is 2990. The topological polar surface area (TPSA) is 25.8 Å². The molecular formula is C54H44N2S2. The van der Waals surface area contributed by atoms with Crippen LogP contribution in [0.3, 0.4) is 0 Å². The normalized spacial score (nSPS) is 12.3. The summed E-state index contributed by atoms with van der Waals surface area (Å²) in [4.78, 5) is 10.7. The highest BCUT2D eigenvalue weighted by Crippen LogP contribution is 2.43. The van der Waals surface area contributed by atoms with E-state index in [2.05, 4.69) is 199 Å². The maximum atomic E-state index is 5.36. The van der Waals surface area contributed by atoms with Gasteiger partial charge < -0.3 is 0 Å². The smallest absolute Gasteiger partial charge is 0.0896 e. The lowest BCUT2D eigenvalue weighted by atomic mass is 9.87. The zero-order valence-corrected chi connectivity index (χ0v) is 35.4. The molecule has 4 aromatic heterocycles. The fourth-order valence-corrected chi connectivity index (χ4v) is 10.6. The minimum atomic E-state index is -0.169. The molecule has 0 spiro atoms. The number of thiophene rings is 2. The van der Waals surface area contributed by atoms with Gasteiger partial charge in [0.2, 0.25) is 0 Å². The van der Waals surface area contributed by atoms with Crippen molar-refractivity contribution >= 4 is 63.0 Å². The summed E-state index contributed by atoms with van der Waals surface area (Å²) in [5.41, 5.74) is 13.1. The van der Waals surface area contributed by atoms with Crippen molar-refractivity contribution in [3.8, 4) is 55.9 Å². The molecule has 0 aliphatic carbocycles. The van der Waals surface area contributed by atoms with Crippen molar-refractivity contribution in [3.63, 3.8) is 0 Å². The molecule has 0 bridgehead atoms. The first-order valence-electron chi connectivity index (χ1n) is 20.1. The van der Waals surface area contributed by atoms with Gasteiger partial charge in [-0.1, -0.05) is 151 Å². The Hall–Kier alpha value is -5.94. The van der Waals surface area contributed by atoms with Gasteiger partial charge in [-0.15, -0.1) is 22.7 Å². The predicted octanol–water partition coefficient (Wildman–Crippen LogP) is 16.1. The molecular weight excluding hydrogens is 741 g/mol. The number of pyridine rings is 2. The van der Waals surface area contributed by atoms with Gasteiger partial charge in [-0.05, 0) is 93.0 Å². The molecule has 0 radical (unpaired) electrons. The van der Waals surface area contributed by atoms with Gasteiger partial charge in [0.05, 0.1) is 11.4 Å². The zero-order chi connectivity index (χ0) is 39.8. The molecule has 0 aliphatic heterocycles. The molecule has 0 amide bonds. The Kier molecular flexibility index (Phi) is 8.70. The van der Waals surface area contributed by atoms with Crippen LogP contribution in [0, 0.1) is 0 Å². The maximum absolute atomic E-state index is 5.36. The Morgan fingerprint density at radius 2 is 0.724 bits per heavy atom. The summed E-state index contributed by atoms with van der Waals surface area (Å²) >= 11 is 3.75. The lowest BCUT2D eigenvalue weighted by molar-refractivity contribution is 0.567. The van der Waals surface area contributed by atoms with Crippen molar-refractivity contribution in [1.29, 1.82) is 0 Å². The number of hydrogen-bond donors (Lipinski definition) is 0. The van der Waals surface area contributed by atoms with E-state index in [1.807, 2.05) is 22.7 Å². The molecule has 0 fully saturated rings. The van der Waals surface area contributed by atoms with E-state index in [1.165, 1.54) is 73.7 Å². The van der Waals surface area contributed by atoms with Crippen molar-refractivity contribution in [2.45, 2.75) is 52.4 Å². The molecule has 58 heavy (non-hydrogen) atoms. The average molecular weight is 785 g/mol. The van der Waals surface area contributed by atoms with Gasteiger partial charge in [0.25, 0.3) is 0 Å². The van der Waals surface area contributed by atoms with Crippen LogP contribution in [-0.4, -0.2) is 9.97 Å². The maximum Gasteiger partial charge on any atom is 0.0896 e. The molecule has 6 aromatic carbocycles. The molecule has 0 aliphatic rings. The highest BCUT2D eigenvalue weighted by Gasteiger charge is 2.23. The first-order chi connectivity index (χ1) is 28.0. The van der Waals surface area contributed by atoms with E-state index in [4.69, 9.17) is 9.97 Å². The lowest BCUT2D eigenvalue weighted by Crippen LogP contribution is -2.16. The predicted molar refractivity (Wildman–Crippen MR) is 252 cm³/mol. The first kappa shape index (κ1) is 36.4. The van der Waals surface area contributed by atoms with E-state index < -0.39 is 0 Å². The van der Waals surface area contributed by atoms with Crippen molar-refractivity contribution in [3.05, 3.63) is 169 Å². The van der Waals surface area contributed by atoms with Gasteiger partial charge >= 0.3 is 0 Å². The molecule has 0 unspecified atom stereocenters. The van der Waals surface area contributed by atoms with E-state index >= 15 is 0 Å². The van der Waals surface area contributed by atoms with Crippen LogP contribution in [0.25, 0.3) is 96.2 Å². The number of hydrogen-bond acceptors (Lipinski definition) is 4. The summed E-state index contributed by atoms with van der Waals surface area (Å²) in [5, 5.41) is 5.26. The van der Waals surface area contributed by atoms with Gasteiger partial charge in [0.15, 0.2) is 0 Å². The second-order valence-corrected chi connectivity index (χ2v) is 19.6. The monoisotopic (exact) mass is 784 g/mol. The molecule has 2 nitrogen and oxygen atoms in total. The van der Waals surface area contributed by atoms with Crippen LogP contribution in [0.15, 0.2) is 158 Å². The van der Waals surface area contributed by atoms with Gasteiger partial charge in [0.1, 0.15) is 0 Å². The van der Waals surface area contributed by atoms with Crippen molar-refractivity contribution < 1.29 is 0 Å². The first-order valence-corrected chi connectivity index (χ1v) is 21.7. The van der Waals surface area contributed by atoms with Crippen LogP contribution in [0.5, 0.6) is 0 Å². The van der Waals surface area contributed by atoms with Gasteiger partial charge in [-0.3, -0.25) is 9.97 Å². The number of benzene rings is 6. The third-order valence-electron chi connectivity index (χ3n) is 11.3. The molecule has 0 N–H and O–H groups in total. The summed E-state index contributed by atoms with van der Waals surface area (Å²) in [6, 6.07) is 57.9. The molecule has 10 aromatic rings. The van der Waals surface area contributed by atoms with Crippen molar-refractivity contribution in [2.24, 2.45) is 0 Å². The van der Waals surface area contributed by atoms with E-state index in [1.54, 1.807) is 0 Å². The second kappa shape index (κ2) is 13.9. The fraction of sp³-hybridized carbons (Fsp3) is 0.148. The fourth-order valence-electron chi connectivity index (χ4n) is 8.11. The van der Waals surface area contributed by atoms with Crippen LogP contribution in [0.4, 0.5) is 0 Å². The number of rotatable bonds is 5. The largest absolute Gasteiger partial charge is 0.251 e. The van der Waals surface area contributed by atoms with Gasteiger partial charge in [-0.2, -0.15) is 0 Å². The second-order valence-electron chi connectivity index (χ2n) is 17.5. The molecule has 0 atom stereocenters. The van der Waals surface area contributed by atoms with E-state index in [9.17, 15) is 0 Å². The number of aromatic nitrogens is 2. The molecule has 282 valence electrons. The molecule has 4 heterocycles. The van der Waals surface area contributed by atoms with E-state index in [0.717, 1.165) is 33.9 Å². The Labute approximate surface area is 348 Å². The molecule has 4 heteroatoms. The highest BCUT2D eigenvalue weighted by atomic mass is 32.1. The van der Waals surface area contributed by atoms with Crippen LogP contribution in [-0.2, 0) is 10.8 Å². The molecule has 10 rings (SSSR count). The quantitative estimate of drug-likeness (QED) is 0.174. The third kappa shape index (κ3) is 6.51. The minimum absolute atomic E-state index is 0.169.